The zero-order chi connectivity index (χ0) is 49.6. The van der Waals surface area contributed by atoms with Crippen LogP contribution in [0.15, 0.2) is 97.2 Å². The number of unbranched alkanes of at least 4 members (excludes halogenated alkanes) is 15. The molecule has 6 unspecified atom stereocenters. The molecule has 0 aromatic heterocycles. The molecular weight excluding hydrogens is 885 g/mol. The molecule has 1 aliphatic heterocycles. The summed E-state index contributed by atoms with van der Waals surface area (Å²) < 4.78 is 59.2. The summed E-state index contributed by atoms with van der Waals surface area (Å²) in [5.41, 5.74) is 0. The van der Waals surface area contributed by atoms with Crippen LogP contribution in [0.5, 0.6) is 0 Å². The van der Waals surface area contributed by atoms with Gasteiger partial charge < -0.3 is 34.3 Å². The molecule has 0 saturated carbocycles. The van der Waals surface area contributed by atoms with Gasteiger partial charge in [-0.3, -0.25) is 9.35 Å². The second kappa shape index (κ2) is 45.2. The van der Waals surface area contributed by atoms with Crippen molar-refractivity contribution in [2.24, 2.45) is 0 Å². The van der Waals surface area contributed by atoms with Crippen LogP contribution in [-0.4, -0.2) is 97.5 Å². The SMILES string of the molecule is CC/C=C\C/C=C\C/C=C\C/C=C\C/C=C\C/C=C\CCCCC(=O)OC(COCCCCCCCCCCCC/C=C\C/C=C\CCCCC)COC1OC(CO)C(O)C(OS(=O)(=O)O)C1O. The highest BCUT2D eigenvalue weighted by Crippen LogP contribution is 2.26. The average molecular weight is 977 g/mol. The van der Waals surface area contributed by atoms with E-state index in [0.29, 0.717) is 13.0 Å². The smallest absolute Gasteiger partial charge is 0.397 e. The van der Waals surface area contributed by atoms with E-state index in [1.807, 2.05) is 0 Å². The molecule has 6 atom stereocenters. The molecule has 0 spiro atoms. The van der Waals surface area contributed by atoms with Gasteiger partial charge in [0, 0.05) is 13.0 Å². The third kappa shape index (κ3) is 37.9. The molecule has 0 amide bonds. The third-order valence-corrected chi connectivity index (χ3v) is 11.7. The predicted octanol–water partition coefficient (Wildman–Crippen LogP) is 12.2. The Morgan fingerprint density at radius 2 is 1.01 bits per heavy atom. The summed E-state index contributed by atoms with van der Waals surface area (Å²) in [5.74, 6) is -0.445. The molecule has 0 bridgehead atoms. The van der Waals surface area contributed by atoms with Crippen LogP contribution in [0, 0.1) is 0 Å². The van der Waals surface area contributed by atoms with Crippen molar-refractivity contribution in [3.05, 3.63) is 97.2 Å². The number of aliphatic hydroxyl groups is 3. The summed E-state index contributed by atoms with van der Waals surface area (Å²) in [4.78, 5) is 12.9. The first kappa shape index (κ1) is 63.0. The Bertz CT molecular complexity index is 1550. The largest absolute Gasteiger partial charge is 0.457 e. The van der Waals surface area contributed by atoms with Gasteiger partial charge in [0.2, 0.25) is 0 Å². The number of allylic oxidation sites excluding steroid dienone is 16. The molecular formula is C55H92O12S. The van der Waals surface area contributed by atoms with Crippen molar-refractivity contribution in [2.45, 2.75) is 218 Å². The molecule has 1 heterocycles. The van der Waals surface area contributed by atoms with Crippen LogP contribution in [-0.2, 0) is 38.3 Å². The summed E-state index contributed by atoms with van der Waals surface area (Å²) in [6.07, 6.45) is 52.9. The number of hydrogen-bond donors (Lipinski definition) is 4. The van der Waals surface area contributed by atoms with Gasteiger partial charge in [-0.2, -0.15) is 8.42 Å². The molecule has 68 heavy (non-hydrogen) atoms. The number of ether oxygens (including phenoxy) is 4. The van der Waals surface area contributed by atoms with Crippen LogP contribution in [0.25, 0.3) is 0 Å². The Morgan fingerprint density at radius 3 is 1.49 bits per heavy atom. The summed E-state index contributed by atoms with van der Waals surface area (Å²) in [7, 11) is -5.08. The summed E-state index contributed by atoms with van der Waals surface area (Å²) in [5, 5.41) is 30.8. The van der Waals surface area contributed by atoms with Gasteiger partial charge in [-0.15, -0.1) is 0 Å². The van der Waals surface area contributed by atoms with Crippen LogP contribution >= 0.6 is 0 Å². The monoisotopic (exact) mass is 977 g/mol. The van der Waals surface area contributed by atoms with Gasteiger partial charge >= 0.3 is 16.4 Å². The maximum Gasteiger partial charge on any atom is 0.397 e. The fourth-order valence-corrected chi connectivity index (χ4v) is 7.80. The van der Waals surface area contributed by atoms with E-state index in [-0.39, 0.29) is 19.6 Å². The molecule has 0 aliphatic carbocycles. The molecule has 12 nitrogen and oxygen atoms in total. The summed E-state index contributed by atoms with van der Waals surface area (Å²) >= 11 is 0. The van der Waals surface area contributed by atoms with Crippen molar-refractivity contribution in [1.29, 1.82) is 0 Å². The molecule has 1 rings (SSSR count). The van der Waals surface area contributed by atoms with Crippen LogP contribution in [0.1, 0.15) is 181 Å². The first-order valence-electron chi connectivity index (χ1n) is 26.0. The maximum absolute atomic E-state index is 12.9. The summed E-state index contributed by atoms with van der Waals surface area (Å²) in [6.45, 7) is 3.78. The van der Waals surface area contributed by atoms with E-state index in [1.54, 1.807) is 0 Å². The fraction of sp³-hybridized carbons (Fsp3) is 0.691. The molecule has 4 N–H and O–H groups in total. The number of hydrogen-bond acceptors (Lipinski definition) is 11. The van der Waals surface area contributed by atoms with E-state index >= 15 is 0 Å². The zero-order valence-corrected chi connectivity index (χ0v) is 42.7. The number of carbonyl (C=O) groups is 1. The standard InChI is InChI=1S/C55H92O12S/c1-3-5-7-9-11-13-15-17-19-21-23-25-26-28-30-32-34-36-38-40-42-44-51(57)65-49(48-64-55-53(59)54(67-68(60,61)62)52(58)50(46-56)66-55)47-63-45-43-41-39-37-35-33-31-29-27-24-22-20-18-16-14-12-10-8-6-4-2/h5,7,11-14,17-20,23,25,28,30,34,36,49-50,52-56,58-59H,3-4,6,8-10,15-16,21-22,24,26-27,29,31-33,35,37-48H2,1-2H3,(H,60,61,62)/b7-5-,13-11-,14-12-,19-17-,20-18-,25-23-,30-28-,36-34-. The van der Waals surface area contributed by atoms with Crippen molar-refractivity contribution in [3.8, 4) is 0 Å². The van der Waals surface area contributed by atoms with Gasteiger partial charge in [-0.05, 0) is 96.3 Å². The quantitative estimate of drug-likeness (QED) is 0.0197. The minimum atomic E-state index is -5.08. The molecule has 0 aromatic rings. The number of esters is 1. The lowest BCUT2D eigenvalue weighted by atomic mass is 9.99. The topological polar surface area (TPSA) is 178 Å². The van der Waals surface area contributed by atoms with Gasteiger partial charge in [0.15, 0.2) is 6.29 Å². The Hall–Kier alpha value is -2.98. The van der Waals surface area contributed by atoms with Gasteiger partial charge in [0.05, 0.1) is 19.8 Å². The lowest BCUT2D eigenvalue weighted by molar-refractivity contribution is -0.301. The van der Waals surface area contributed by atoms with Crippen molar-refractivity contribution in [3.63, 3.8) is 0 Å². The lowest BCUT2D eigenvalue weighted by Gasteiger charge is -2.41. The first-order chi connectivity index (χ1) is 33.1. The Balaban J connectivity index is 2.41. The van der Waals surface area contributed by atoms with Crippen LogP contribution in [0.2, 0.25) is 0 Å². The van der Waals surface area contributed by atoms with E-state index in [4.69, 9.17) is 18.9 Å². The van der Waals surface area contributed by atoms with Crippen LogP contribution < -0.4 is 0 Å². The highest BCUT2D eigenvalue weighted by molar-refractivity contribution is 7.80. The second-order valence-corrected chi connectivity index (χ2v) is 18.4. The second-order valence-electron chi connectivity index (χ2n) is 17.4. The van der Waals surface area contributed by atoms with E-state index in [1.165, 1.54) is 70.6 Å². The van der Waals surface area contributed by atoms with Gasteiger partial charge in [0.25, 0.3) is 0 Å². The molecule has 13 heteroatoms. The van der Waals surface area contributed by atoms with Crippen molar-refractivity contribution in [1.82, 2.24) is 0 Å². The highest BCUT2D eigenvalue weighted by Gasteiger charge is 2.48. The normalized spacial score (nSPS) is 20.1. The van der Waals surface area contributed by atoms with Gasteiger partial charge in [0.1, 0.15) is 30.5 Å². The highest BCUT2D eigenvalue weighted by atomic mass is 32.3. The molecule has 1 fully saturated rings. The maximum atomic E-state index is 12.9. The molecule has 0 radical (unpaired) electrons. The fourth-order valence-electron chi connectivity index (χ4n) is 7.29. The average Bonchev–Trinajstić information content (AvgIpc) is 3.31. The lowest BCUT2D eigenvalue weighted by Crippen LogP contribution is -2.60. The number of carbonyl (C=O) groups excluding carboxylic acids is 1. The molecule has 1 aliphatic rings. The minimum absolute atomic E-state index is 0.00998. The van der Waals surface area contributed by atoms with Crippen molar-refractivity contribution < 1.29 is 56.2 Å². The van der Waals surface area contributed by atoms with Crippen LogP contribution in [0.3, 0.4) is 0 Å². The molecule has 390 valence electrons. The Morgan fingerprint density at radius 1 is 0.574 bits per heavy atom. The predicted molar refractivity (Wildman–Crippen MR) is 275 cm³/mol. The zero-order valence-electron chi connectivity index (χ0n) is 41.9. The minimum Gasteiger partial charge on any atom is -0.457 e. The van der Waals surface area contributed by atoms with E-state index in [0.717, 1.165) is 83.5 Å². The van der Waals surface area contributed by atoms with Gasteiger partial charge in [-0.1, -0.05) is 175 Å². The summed E-state index contributed by atoms with van der Waals surface area (Å²) in [6, 6.07) is 0. The Labute approximate surface area is 412 Å². The molecule has 1 saturated heterocycles. The van der Waals surface area contributed by atoms with E-state index < -0.39 is 59.8 Å². The van der Waals surface area contributed by atoms with E-state index in [2.05, 4.69) is 115 Å². The number of aliphatic hydroxyl groups excluding tert-OH is 3. The van der Waals surface area contributed by atoms with E-state index in [9.17, 15) is 33.1 Å². The third-order valence-electron chi connectivity index (χ3n) is 11.2. The first-order valence-corrected chi connectivity index (χ1v) is 27.4. The van der Waals surface area contributed by atoms with Crippen molar-refractivity contribution >= 4 is 16.4 Å². The number of rotatable bonds is 44. The van der Waals surface area contributed by atoms with Crippen LogP contribution in [0.4, 0.5) is 0 Å². The molecule has 0 aromatic carbocycles. The van der Waals surface area contributed by atoms with Crippen molar-refractivity contribution in [2.75, 3.05) is 26.4 Å². The van der Waals surface area contributed by atoms with Gasteiger partial charge in [-0.25, -0.2) is 4.18 Å². The Kier molecular flexibility index (Phi) is 41.9.